The van der Waals surface area contributed by atoms with Gasteiger partial charge in [-0.2, -0.15) is 4.31 Å². The van der Waals surface area contributed by atoms with E-state index in [1.54, 1.807) is 4.90 Å². The van der Waals surface area contributed by atoms with Crippen molar-refractivity contribution < 1.29 is 18.0 Å². The van der Waals surface area contributed by atoms with Crippen molar-refractivity contribution in [3.63, 3.8) is 0 Å². The lowest BCUT2D eigenvalue weighted by Gasteiger charge is -2.40. The Hall–Kier alpha value is -1.15. The average molecular weight is 442 g/mol. The van der Waals surface area contributed by atoms with E-state index in [-0.39, 0.29) is 17.6 Å². The molecule has 8 heteroatoms. The van der Waals surface area contributed by atoms with E-state index in [0.717, 1.165) is 19.3 Å². The number of carbonyl (C=O) groups excluding carboxylic acids is 2. The quantitative estimate of drug-likeness (QED) is 0.608. The first-order valence-electron chi connectivity index (χ1n) is 12.0. The van der Waals surface area contributed by atoms with E-state index in [2.05, 4.69) is 0 Å². The van der Waals surface area contributed by atoms with Gasteiger partial charge in [0.25, 0.3) is 0 Å². The molecule has 172 valence electrons. The van der Waals surface area contributed by atoms with E-state index in [1.807, 2.05) is 11.8 Å². The number of sulfonamides is 1. The van der Waals surface area contributed by atoms with Crippen LogP contribution in [-0.4, -0.2) is 78.9 Å². The minimum atomic E-state index is -3.39. The molecule has 1 aliphatic carbocycles. The number of rotatable bonds is 7. The molecule has 0 radical (unpaired) electrons. The Balaban J connectivity index is 1.49. The van der Waals surface area contributed by atoms with Gasteiger partial charge in [-0.1, -0.05) is 45.4 Å². The van der Waals surface area contributed by atoms with E-state index in [0.29, 0.717) is 57.9 Å². The minimum absolute atomic E-state index is 0.0799. The number of hydrogen-bond acceptors (Lipinski definition) is 4. The summed E-state index contributed by atoms with van der Waals surface area (Å²) < 4.78 is 26.7. The van der Waals surface area contributed by atoms with Crippen LogP contribution in [0.5, 0.6) is 0 Å². The number of carbonyl (C=O) groups is 2. The topological polar surface area (TPSA) is 78.0 Å². The van der Waals surface area contributed by atoms with E-state index >= 15 is 0 Å². The zero-order valence-corrected chi connectivity index (χ0v) is 19.4. The van der Waals surface area contributed by atoms with Crippen LogP contribution < -0.4 is 0 Å². The maximum atomic E-state index is 13.1. The molecule has 2 heterocycles. The predicted molar refractivity (Wildman–Crippen MR) is 117 cm³/mol. The van der Waals surface area contributed by atoms with Gasteiger partial charge in [-0.05, 0) is 31.6 Å². The van der Waals surface area contributed by atoms with Crippen molar-refractivity contribution in [1.82, 2.24) is 14.1 Å². The summed E-state index contributed by atoms with van der Waals surface area (Å²) >= 11 is 0. The van der Waals surface area contributed by atoms with Crippen molar-refractivity contribution in [3.05, 3.63) is 0 Å². The normalized spacial score (nSPS) is 24.8. The van der Waals surface area contributed by atoms with Gasteiger partial charge >= 0.3 is 0 Å². The van der Waals surface area contributed by atoms with Crippen molar-refractivity contribution in [1.29, 1.82) is 0 Å². The minimum Gasteiger partial charge on any atom is -0.339 e. The first-order valence-corrected chi connectivity index (χ1v) is 13.6. The monoisotopic (exact) mass is 441 g/mol. The second-order valence-corrected chi connectivity index (χ2v) is 11.2. The predicted octanol–water partition coefficient (Wildman–Crippen LogP) is 2.61. The van der Waals surface area contributed by atoms with Crippen molar-refractivity contribution in [2.45, 2.75) is 83.6 Å². The fraction of sp³-hybridized carbons (Fsp3) is 0.909. The fourth-order valence-corrected chi connectivity index (χ4v) is 6.95. The third-order valence-corrected chi connectivity index (χ3v) is 9.07. The molecule has 0 aromatic carbocycles. The van der Waals surface area contributed by atoms with Crippen molar-refractivity contribution in [2.75, 3.05) is 38.5 Å². The Morgan fingerprint density at radius 1 is 0.833 bits per heavy atom. The van der Waals surface area contributed by atoms with Crippen molar-refractivity contribution in [3.8, 4) is 0 Å². The van der Waals surface area contributed by atoms with E-state index < -0.39 is 16.1 Å². The maximum Gasteiger partial charge on any atom is 0.241 e. The average Bonchev–Trinajstić information content (AvgIpc) is 2.78. The summed E-state index contributed by atoms with van der Waals surface area (Å²) in [7, 11) is -3.39. The van der Waals surface area contributed by atoms with Gasteiger partial charge in [-0.25, -0.2) is 8.42 Å². The highest BCUT2D eigenvalue weighted by molar-refractivity contribution is 7.89. The molecular weight excluding hydrogens is 402 g/mol. The molecule has 2 saturated heterocycles. The van der Waals surface area contributed by atoms with Crippen LogP contribution >= 0.6 is 0 Å². The van der Waals surface area contributed by atoms with Gasteiger partial charge in [0.15, 0.2) is 0 Å². The van der Waals surface area contributed by atoms with Gasteiger partial charge in [0, 0.05) is 39.1 Å². The highest BCUT2D eigenvalue weighted by Gasteiger charge is 2.39. The molecule has 2 aliphatic heterocycles. The zero-order chi connectivity index (χ0) is 21.6. The highest BCUT2D eigenvalue weighted by atomic mass is 32.2. The van der Waals surface area contributed by atoms with Crippen LogP contribution in [0.25, 0.3) is 0 Å². The van der Waals surface area contributed by atoms with Crippen molar-refractivity contribution >= 4 is 21.8 Å². The summed E-state index contributed by atoms with van der Waals surface area (Å²) in [6, 6.07) is -0.566. The summed E-state index contributed by atoms with van der Waals surface area (Å²) in [6.45, 7) is 4.42. The molecule has 3 fully saturated rings. The lowest BCUT2D eigenvalue weighted by molar-refractivity contribution is -0.142. The van der Waals surface area contributed by atoms with Crippen molar-refractivity contribution in [2.24, 2.45) is 5.92 Å². The molecule has 7 nitrogen and oxygen atoms in total. The molecule has 0 N–H and O–H groups in total. The number of hydrogen-bond donors (Lipinski definition) is 0. The molecule has 1 saturated carbocycles. The number of piperazine rings is 1. The van der Waals surface area contributed by atoms with Gasteiger partial charge < -0.3 is 9.80 Å². The summed E-state index contributed by atoms with van der Waals surface area (Å²) in [6.07, 6.45) is 10.9. The Labute approximate surface area is 182 Å². The lowest BCUT2D eigenvalue weighted by Crippen LogP contribution is -2.57. The van der Waals surface area contributed by atoms with Crippen LogP contribution in [0.2, 0.25) is 0 Å². The lowest BCUT2D eigenvalue weighted by atomic mass is 9.86. The van der Waals surface area contributed by atoms with Gasteiger partial charge in [-0.3, -0.25) is 9.59 Å². The first kappa shape index (κ1) is 23.5. The Morgan fingerprint density at radius 2 is 1.47 bits per heavy atom. The summed E-state index contributed by atoms with van der Waals surface area (Å²) in [5.74, 6) is 0.925. The standard InChI is InChI=1S/C22H39N3O4S/c1-2-18-30(28,29)25-13-7-6-10-20(25)22(27)24-16-14-23(15-17-24)21(26)12-11-19-8-4-3-5-9-19/h19-20H,2-18H2,1H3. The van der Waals surface area contributed by atoms with Crippen LogP contribution in [0.1, 0.15) is 77.6 Å². The molecule has 30 heavy (non-hydrogen) atoms. The number of amides is 2. The molecule has 2 amide bonds. The second kappa shape index (κ2) is 10.9. The van der Waals surface area contributed by atoms with Gasteiger partial charge in [-0.15, -0.1) is 0 Å². The third-order valence-electron chi connectivity index (χ3n) is 6.99. The largest absolute Gasteiger partial charge is 0.339 e. The molecular formula is C22H39N3O4S. The molecule has 0 spiro atoms. The molecule has 3 aliphatic rings. The summed E-state index contributed by atoms with van der Waals surface area (Å²) in [4.78, 5) is 29.4. The Morgan fingerprint density at radius 3 is 2.13 bits per heavy atom. The summed E-state index contributed by atoms with van der Waals surface area (Å²) in [5.41, 5.74) is 0. The number of nitrogens with zero attached hydrogens (tertiary/aromatic N) is 3. The third kappa shape index (κ3) is 5.96. The second-order valence-electron chi connectivity index (χ2n) is 9.19. The molecule has 3 rings (SSSR count). The first-order chi connectivity index (χ1) is 14.4. The van der Waals surface area contributed by atoms with Crippen LogP contribution in [-0.2, 0) is 19.6 Å². The van der Waals surface area contributed by atoms with E-state index in [9.17, 15) is 18.0 Å². The highest BCUT2D eigenvalue weighted by Crippen LogP contribution is 2.28. The molecule has 0 bridgehead atoms. The van der Waals surface area contributed by atoms with Gasteiger partial charge in [0.05, 0.1) is 5.75 Å². The van der Waals surface area contributed by atoms with E-state index in [1.165, 1.54) is 36.4 Å². The Bertz CT molecular complexity index is 682. The van der Waals surface area contributed by atoms with Gasteiger partial charge in [0.2, 0.25) is 21.8 Å². The van der Waals surface area contributed by atoms with Crippen LogP contribution in [0.3, 0.4) is 0 Å². The SMILES string of the molecule is CCCS(=O)(=O)N1CCCCC1C(=O)N1CCN(C(=O)CCC2CCCCC2)CC1. The fourth-order valence-electron chi connectivity index (χ4n) is 5.21. The van der Waals surface area contributed by atoms with E-state index in [4.69, 9.17) is 0 Å². The molecule has 0 aromatic heterocycles. The van der Waals surface area contributed by atoms with Crippen LogP contribution in [0.4, 0.5) is 0 Å². The molecule has 1 unspecified atom stereocenters. The van der Waals surface area contributed by atoms with Gasteiger partial charge in [0.1, 0.15) is 6.04 Å². The maximum absolute atomic E-state index is 13.1. The molecule has 1 atom stereocenters. The summed E-state index contributed by atoms with van der Waals surface area (Å²) in [5, 5.41) is 0. The number of piperidine rings is 1. The zero-order valence-electron chi connectivity index (χ0n) is 18.6. The molecule has 0 aromatic rings. The van der Waals surface area contributed by atoms with Crippen LogP contribution in [0, 0.1) is 5.92 Å². The Kier molecular flexibility index (Phi) is 8.57. The van der Waals surface area contributed by atoms with Crippen LogP contribution in [0.15, 0.2) is 0 Å². The smallest absolute Gasteiger partial charge is 0.241 e.